The normalized spacial score (nSPS) is 15.6. The van der Waals surface area contributed by atoms with Gasteiger partial charge in [-0.15, -0.1) is 0 Å². The molecule has 0 radical (unpaired) electrons. The van der Waals surface area contributed by atoms with E-state index in [1.807, 2.05) is 18.3 Å². The molecule has 0 bridgehead atoms. The highest BCUT2D eigenvalue weighted by Crippen LogP contribution is 2.30. The van der Waals surface area contributed by atoms with Crippen molar-refractivity contribution in [2.45, 2.75) is 18.5 Å². The minimum Gasteiger partial charge on any atom is -0.352 e. The van der Waals surface area contributed by atoms with Gasteiger partial charge >= 0.3 is 6.18 Å². The zero-order valence-corrected chi connectivity index (χ0v) is 14.1. The number of hydrogen-bond donors (Lipinski definition) is 1. The van der Waals surface area contributed by atoms with Crippen molar-refractivity contribution in [1.29, 1.82) is 0 Å². The molecule has 25 heavy (non-hydrogen) atoms. The Hall–Kier alpha value is -2.06. The highest BCUT2D eigenvalue weighted by atomic mass is 32.2. The number of alkyl halides is 3. The summed E-state index contributed by atoms with van der Waals surface area (Å²) >= 11 is 1.41. The van der Waals surface area contributed by atoms with E-state index in [0.717, 1.165) is 23.3 Å². The van der Waals surface area contributed by atoms with Crippen LogP contribution < -0.4 is 5.32 Å². The van der Waals surface area contributed by atoms with Crippen LogP contribution in [0.25, 0.3) is 0 Å². The standard InChI is InChI=1S/C17H17F3N4S/c18-17(19,20)15-5-1-3-13(7-15)10-25-16-22-11-24(12-23-16)9-14-4-2-6-21-8-14/h1-8H,9-12H2,(H,22,23). The third-order valence-electron chi connectivity index (χ3n) is 3.63. The second kappa shape index (κ2) is 7.88. The van der Waals surface area contributed by atoms with E-state index in [0.29, 0.717) is 24.7 Å². The largest absolute Gasteiger partial charge is 0.416 e. The lowest BCUT2D eigenvalue weighted by molar-refractivity contribution is -0.137. The van der Waals surface area contributed by atoms with Gasteiger partial charge in [-0.2, -0.15) is 13.2 Å². The summed E-state index contributed by atoms with van der Waals surface area (Å²) in [6.45, 7) is 1.94. The first-order chi connectivity index (χ1) is 12.0. The summed E-state index contributed by atoms with van der Waals surface area (Å²) < 4.78 is 38.2. The number of benzene rings is 1. The first kappa shape index (κ1) is 17.8. The molecule has 0 aliphatic carbocycles. The Labute approximate surface area is 148 Å². The monoisotopic (exact) mass is 366 g/mol. The fourth-order valence-electron chi connectivity index (χ4n) is 2.39. The summed E-state index contributed by atoms with van der Waals surface area (Å²) in [4.78, 5) is 10.6. The van der Waals surface area contributed by atoms with Crippen molar-refractivity contribution < 1.29 is 13.2 Å². The number of aromatic nitrogens is 1. The fraction of sp³-hybridized carbons (Fsp3) is 0.294. The third kappa shape index (κ3) is 5.20. The SMILES string of the molecule is FC(F)(F)c1cccc(CSC2=NCN(Cc3cccnc3)CN2)c1. The average Bonchev–Trinajstić information content (AvgIpc) is 2.62. The van der Waals surface area contributed by atoms with E-state index in [4.69, 9.17) is 0 Å². The molecule has 0 saturated carbocycles. The van der Waals surface area contributed by atoms with Crippen molar-refractivity contribution in [2.24, 2.45) is 4.99 Å². The van der Waals surface area contributed by atoms with Crippen LogP contribution in [0.5, 0.6) is 0 Å². The lowest BCUT2D eigenvalue weighted by Crippen LogP contribution is -2.41. The Kier molecular flexibility index (Phi) is 5.60. The topological polar surface area (TPSA) is 40.5 Å². The van der Waals surface area contributed by atoms with Gasteiger partial charge in [0.25, 0.3) is 0 Å². The molecule has 132 valence electrons. The van der Waals surface area contributed by atoms with Crippen LogP contribution in [0.2, 0.25) is 0 Å². The fourth-order valence-corrected chi connectivity index (χ4v) is 3.19. The third-order valence-corrected chi connectivity index (χ3v) is 4.65. The van der Waals surface area contributed by atoms with E-state index in [1.54, 1.807) is 12.3 Å². The van der Waals surface area contributed by atoms with Gasteiger partial charge in [-0.05, 0) is 23.3 Å². The molecule has 0 amide bonds. The van der Waals surface area contributed by atoms with Crippen LogP contribution in [0.15, 0.2) is 53.8 Å². The quantitative estimate of drug-likeness (QED) is 0.896. The Balaban J connectivity index is 1.52. The van der Waals surface area contributed by atoms with Crippen LogP contribution in [0.3, 0.4) is 0 Å². The van der Waals surface area contributed by atoms with Crippen LogP contribution in [0.4, 0.5) is 13.2 Å². The van der Waals surface area contributed by atoms with Gasteiger partial charge in [-0.3, -0.25) is 9.88 Å². The van der Waals surface area contributed by atoms with Crippen molar-refractivity contribution in [2.75, 3.05) is 13.3 Å². The number of aliphatic imine (C=N–C) groups is 1. The molecule has 3 rings (SSSR count). The molecule has 8 heteroatoms. The Morgan fingerprint density at radius 1 is 1.16 bits per heavy atom. The molecule has 2 heterocycles. The molecule has 4 nitrogen and oxygen atoms in total. The Morgan fingerprint density at radius 2 is 2.00 bits per heavy atom. The molecule has 1 aromatic heterocycles. The molecular formula is C17H17F3N4S. The van der Waals surface area contributed by atoms with Crippen LogP contribution in [-0.4, -0.2) is 28.4 Å². The molecule has 1 N–H and O–H groups in total. The van der Waals surface area contributed by atoms with Gasteiger partial charge in [0.1, 0.15) is 0 Å². The average molecular weight is 366 g/mol. The number of amidine groups is 1. The molecule has 1 aliphatic rings. The number of pyridine rings is 1. The van der Waals surface area contributed by atoms with Gasteiger partial charge in [-0.25, -0.2) is 4.99 Å². The van der Waals surface area contributed by atoms with Crippen LogP contribution in [0, 0.1) is 0 Å². The predicted octanol–water partition coefficient (Wildman–Crippen LogP) is 3.71. The van der Waals surface area contributed by atoms with Crippen LogP contribution >= 0.6 is 11.8 Å². The van der Waals surface area contributed by atoms with Crippen molar-refractivity contribution in [3.05, 3.63) is 65.5 Å². The lowest BCUT2D eigenvalue weighted by atomic mass is 10.1. The summed E-state index contributed by atoms with van der Waals surface area (Å²) in [5.74, 6) is 0.443. The van der Waals surface area contributed by atoms with E-state index in [2.05, 4.69) is 20.2 Å². The first-order valence-corrected chi connectivity index (χ1v) is 8.68. The number of nitrogens with one attached hydrogen (secondary N) is 1. The number of thioether (sulfide) groups is 1. The van der Waals surface area contributed by atoms with Crippen LogP contribution in [0.1, 0.15) is 16.7 Å². The molecule has 0 fully saturated rings. The minimum atomic E-state index is -4.31. The maximum absolute atomic E-state index is 12.7. The van der Waals surface area contributed by atoms with E-state index < -0.39 is 11.7 Å². The maximum Gasteiger partial charge on any atom is 0.416 e. The number of halogens is 3. The molecule has 2 aromatic rings. The number of nitrogens with zero attached hydrogens (tertiary/aromatic N) is 3. The zero-order valence-electron chi connectivity index (χ0n) is 13.3. The maximum atomic E-state index is 12.7. The predicted molar refractivity (Wildman–Crippen MR) is 92.8 cm³/mol. The van der Waals surface area contributed by atoms with E-state index in [9.17, 15) is 13.2 Å². The highest BCUT2D eigenvalue weighted by molar-refractivity contribution is 8.13. The van der Waals surface area contributed by atoms with Crippen molar-refractivity contribution in [1.82, 2.24) is 15.2 Å². The van der Waals surface area contributed by atoms with E-state index in [1.165, 1.54) is 23.9 Å². The van der Waals surface area contributed by atoms with Gasteiger partial charge in [-0.1, -0.05) is 36.0 Å². The smallest absolute Gasteiger partial charge is 0.352 e. The summed E-state index contributed by atoms with van der Waals surface area (Å²) in [6.07, 6.45) is -0.756. The Bertz CT molecular complexity index is 734. The molecular weight excluding hydrogens is 349 g/mol. The molecule has 1 aromatic carbocycles. The molecule has 1 aliphatic heterocycles. The van der Waals surface area contributed by atoms with Crippen molar-refractivity contribution in [3.8, 4) is 0 Å². The summed E-state index contributed by atoms with van der Waals surface area (Å²) in [6, 6.07) is 9.30. The second-order valence-electron chi connectivity index (χ2n) is 5.62. The summed E-state index contributed by atoms with van der Waals surface area (Å²) in [7, 11) is 0. The lowest BCUT2D eigenvalue weighted by Gasteiger charge is -2.26. The molecule has 0 atom stereocenters. The van der Waals surface area contributed by atoms with E-state index >= 15 is 0 Å². The first-order valence-electron chi connectivity index (χ1n) is 7.69. The number of hydrogen-bond acceptors (Lipinski definition) is 5. The molecule has 0 unspecified atom stereocenters. The minimum absolute atomic E-state index is 0.443. The van der Waals surface area contributed by atoms with Crippen molar-refractivity contribution in [3.63, 3.8) is 0 Å². The van der Waals surface area contributed by atoms with Gasteiger partial charge in [0.2, 0.25) is 0 Å². The zero-order chi connectivity index (χ0) is 17.7. The second-order valence-corrected chi connectivity index (χ2v) is 6.58. The number of rotatable bonds is 4. The Morgan fingerprint density at radius 3 is 2.68 bits per heavy atom. The summed E-state index contributed by atoms with van der Waals surface area (Å²) in [5, 5.41) is 3.95. The van der Waals surface area contributed by atoms with E-state index in [-0.39, 0.29) is 0 Å². The highest BCUT2D eigenvalue weighted by Gasteiger charge is 2.30. The summed E-state index contributed by atoms with van der Waals surface area (Å²) in [5.41, 5.74) is 1.12. The van der Waals surface area contributed by atoms with Crippen molar-refractivity contribution >= 4 is 16.9 Å². The van der Waals surface area contributed by atoms with Gasteiger partial charge in [0.15, 0.2) is 5.17 Å². The van der Waals surface area contributed by atoms with Gasteiger partial charge in [0.05, 0.1) is 18.9 Å². The van der Waals surface area contributed by atoms with Gasteiger partial charge < -0.3 is 5.32 Å². The molecule has 0 spiro atoms. The van der Waals surface area contributed by atoms with Crippen LogP contribution in [-0.2, 0) is 18.5 Å². The van der Waals surface area contributed by atoms with Gasteiger partial charge in [0, 0.05) is 24.7 Å². The molecule has 0 saturated heterocycles.